The first-order valence-corrected chi connectivity index (χ1v) is 2.63. The van der Waals surface area contributed by atoms with Gasteiger partial charge in [-0.15, -0.1) is 0 Å². The van der Waals surface area contributed by atoms with Crippen LogP contribution in [0, 0.1) is 0 Å². The molecular weight excluding hydrogens is 165 g/mol. The average Bonchev–Trinajstić information content (AvgIpc) is 1.80. The molecule has 1 atom stereocenters. The van der Waals surface area contributed by atoms with E-state index in [1.54, 1.807) is 0 Å². The van der Waals surface area contributed by atoms with Crippen LogP contribution in [0.2, 0.25) is 0 Å². The number of nitrogens with two attached hydrogens (primary N) is 1. The van der Waals surface area contributed by atoms with E-state index in [0.717, 1.165) is 0 Å². The highest BCUT2D eigenvalue weighted by molar-refractivity contribution is 5.64. The van der Waals surface area contributed by atoms with Gasteiger partial charge in [-0.3, -0.25) is 0 Å². The van der Waals surface area contributed by atoms with E-state index in [9.17, 15) is 18.0 Å². The zero-order valence-corrected chi connectivity index (χ0v) is 5.35. The number of hydrogen-bond donors (Lipinski definition) is 3. The summed E-state index contributed by atoms with van der Waals surface area (Å²) in [6, 6.07) is -2.14. The van der Waals surface area contributed by atoms with Gasteiger partial charge in [0.05, 0.1) is 0 Å². The third-order valence-electron chi connectivity index (χ3n) is 0.894. The molecule has 0 aliphatic rings. The lowest BCUT2D eigenvalue weighted by Gasteiger charge is -2.14. The smallest absolute Gasteiger partial charge is 0.405 e. The third kappa shape index (κ3) is 4.43. The van der Waals surface area contributed by atoms with Gasteiger partial charge in [0, 0.05) is 6.54 Å². The van der Waals surface area contributed by atoms with Crippen LogP contribution in [-0.2, 0) is 0 Å². The number of amides is 1. The number of alkyl halides is 3. The van der Waals surface area contributed by atoms with Crippen molar-refractivity contribution < 1.29 is 23.1 Å². The van der Waals surface area contributed by atoms with E-state index in [2.05, 4.69) is 5.73 Å². The van der Waals surface area contributed by atoms with E-state index in [1.807, 2.05) is 0 Å². The molecule has 0 aliphatic heterocycles. The fraction of sp³-hybridized carbons (Fsp3) is 0.750. The normalized spacial score (nSPS) is 14.2. The molecular formula is C4H7F3N2O2. The van der Waals surface area contributed by atoms with Gasteiger partial charge in [0.2, 0.25) is 0 Å². The molecule has 0 heterocycles. The minimum Gasteiger partial charge on any atom is -0.465 e. The first-order valence-electron chi connectivity index (χ1n) is 2.63. The zero-order chi connectivity index (χ0) is 9.07. The summed E-state index contributed by atoms with van der Waals surface area (Å²) in [5.74, 6) is 0. The van der Waals surface area contributed by atoms with Crippen LogP contribution in [0.15, 0.2) is 0 Å². The van der Waals surface area contributed by atoms with E-state index in [1.165, 1.54) is 5.32 Å². The van der Waals surface area contributed by atoms with Crippen molar-refractivity contribution in [3.05, 3.63) is 0 Å². The lowest BCUT2D eigenvalue weighted by molar-refractivity contribution is -0.146. The molecule has 0 spiro atoms. The molecule has 0 bridgehead atoms. The Morgan fingerprint density at radius 3 is 2.36 bits per heavy atom. The van der Waals surface area contributed by atoms with Crippen molar-refractivity contribution in [2.75, 3.05) is 6.54 Å². The summed E-state index contributed by atoms with van der Waals surface area (Å²) < 4.78 is 34.6. The van der Waals surface area contributed by atoms with E-state index in [4.69, 9.17) is 5.11 Å². The largest absolute Gasteiger partial charge is 0.465 e. The molecule has 66 valence electrons. The highest BCUT2D eigenvalue weighted by Crippen LogP contribution is 2.17. The van der Waals surface area contributed by atoms with Gasteiger partial charge in [0.1, 0.15) is 6.04 Å². The maximum atomic E-state index is 11.5. The summed E-state index contributed by atoms with van der Waals surface area (Å²) in [7, 11) is 0. The molecule has 0 aliphatic carbocycles. The Hall–Kier alpha value is -0.980. The molecule has 0 rings (SSSR count). The number of halogens is 3. The maximum absolute atomic E-state index is 11.5. The molecule has 11 heavy (non-hydrogen) atoms. The molecule has 1 unspecified atom stereocenters. The fourth-order valence-electron chi connectivity index (χ4n) is 0.313. The van der Waals surface area contributed by atoms with Crippen molar-refractivity contribution in [1.82, 2.24) is 5.32 Å². The van der Waals surface area contributed by atoms with Gasteiger partial charge in [-0.25, -0.2) is 4.79 Å². The molecule has 0 radical (unpaired) electrons. The average molecular weight is 172 g/mol. The van der Waals surface area contributed by atoms with Crippen LogP contribution >= 0.6 is 0 Å². The molecule has 1 amide bonds. The highest BCUT2D eigenvalue weighted by Gasteiger charge is 2.36. The van der Waals surface area contributed by atoms with Gasteiger partial charge in [-0.1, -0.05) is 0 Å². The lowest BCUT2D eigenvalue weighted by Crippen LogP contribution is -2.46. The molecule has 4 nitrogen and oxygen atoms in total. The molecule has 0 aromatic heterocycles. The lowest BCUT2D eigenvalue weighted by atomic mass is 10.3. The number of hydrogen-bond acceptors (Lipinski definition) is 2. The topological polar surface area (TPSA) is 75.3 Å². The van der Waals surface area contributed by atoms with Crippen LogP contribution in [0.5, 0.6) is 0 Å². The van der Waals surface area contributed by atoms with E-state index >= 15 is 0 Å². The van der Waals surface area contributed by atoms with Crippen LogP contribution in [0.3, 0.4) is 0 Å². The zero-order valence-electron chi connectivity index (χ0n) is 5.35. The van der Waals surface area contributed by atoms with Gasteiger partial charge < -0.3 is 16.2 Å². The van der Waals surface area contributed by atoms with Crippen LogP contribution in [0.25, 0.3) is 0 Å². The van der Waals surface area contributed by atoms with Gasteiger partial charge in [0.25, 0.3) is 0 Å². The monoisotopic (exact) mass is 172 g/mol. The Bertz CT molecular complexity index is 147. The van der Waals surface area contributed by atoms with Gasteiger partial charge in [0.15, 0.2) is 0 Å². The van der Waals surface area contributed by atoms with Crippen LogP contribution in [0.1, 0.15) is 0 Å². The molecule has 0 fully saturated rings. The summed E-state index contributed by atoms with van der Waals surface area (Å²) in [4.78, 5) is 9.70. The van der Waals surface area contributed by atoms with Gasteiger partial charge in [-0.05, 0) is 0 Å². The Labute approximate surface area is 60.2 Å². The first-order chi connectivity index (χ1) is 4.84. The van der Waals surface area contributed by atoms with Crippen molar-refractivity contribution >= 4 is 6.09 Å². The fourth-order valence-corrected chi connectivity index (χ4v) is 0.313. The van der Waals surface area contributed by atoms with Crippen molar-refractivity contribution in [2.24, 2.45) is 5.73 Å². The number of nitrogens with one attached hydrogen (secondary N) is 1. The Morgan fingerprint density at radius 2 is 2.09 bits per heavy atom. The second kappa shape index (κ2) is 3.42. The van der Waals surface area contributed by atoms with Crippen LogP contribution in [0.4, 0.5) is 18.0 Å². The van der Waals surface area contributed by atoms with Crippen LogP contribution < -0.4 is 11.1 Å². The van der Waals surface area contributed by atoms with Crippen molar-refractivity contribution in [1.29, 1.82) is 0 Å². The SMILES string of the molecule is NC(CNC(=O)O)C(F)(F)F. The van der Waals surface area contributed by atoms with E-state index < -0.39 is 24.9 Å². The number of carboxylic acid groups (broad SMARTS) is 1. The summed E-state index contributed by atoms with van der Waals surface area (Å²) in [6.45, 7) is -0.821. The molecule has 0 aromatic carbocycles. The molecule has 0 saturated heterocycles. The summed E-state index contributed by atoms with van der Waals surface area (Å²) in [5, 5.41) is 9.42. The molecule has 0 aromatic rings. The Kier molecular flexibility index (Phi) is 3.12. The Morgan fingerprint density at radius 1 is 1.64 bits per heavy atom. The van der Waals surface area contributed by atoms with E-state index in [0.29, 0.717) is 0 Å². The maximum Gasteiger partial charge on any atom is 0.405 e. The Balaban J connectivity index is 3.70. The first kappa shape index (κ1) is 10.0. The number of rotatable bonds is 2. The van der Waals surface area contributed by atoms with Crippen LogP contribution in [-0.4, -0.2) is 30.0 Å². The van der Waals surface area contributed by atoms with Gasteiger partial charge in [-0.2, -0.15) is 13.2 Å². The highest BCUT2D eigenvalue weighted by atomic mass is 19.4. The standard InChI is InChI=1S/C4H7F3N2O2/c5-4(6,7)2(8)1-9-3(10)11/h2,9H,1,8H2,(H,10,11). The predicted octanol–water partition coefficient (Wildman–Crippen LogP) is 0.144. The van der Waals surface area contributed by atoms with E-state index in [-0.39, 0.29) is 0 Å². The summed E-state index contributed by atoms with van der Waals surface area (Å²) in [6.07, 6.45) is -6.08. The molecule has 0 saturated carbocycles. The third-order valence-corrected chi connectivity index (χ3v) is 0.894. The second-order valence-corrected chi connectivity index (χ2v) is 1.83. The minimum atomic E-state index is -4.55. The van der Waals surface area contributed by atoms with Crippen molar-refractivity contribution in [3.63, 3.8) is 0 Å². The second-order valence-electron chi connectivity index (χ2n) is 1.83. The summed E-state index contributed by atoms with van der Waals surface area (Å²) in [5.41, 5.74) is 4.55. The molecule has 4 N–H and O–H groups in total. The predicted molar refractivity (Wildman–Crippen MR) is 30.1 cm³/mol. The van der Waals surface area contributed by atoms with Gasteiger partial charge >= 0.3 is 12.3 Å². The molecule has 7 heteroatoms. The summed E-state index contributed by atoms with van der Waals surface area (Å²) >= 11 is 0. The quantitative estimate of drug-likeness (QED) is 0.554. The van der Waals surface area contributed by atoms with Crippen molar-refractivity contribution in [3.8, 4) is 0 Å². The number of carbonyl (C=O) groups is 1. The van der Waals surface area contributed by atoms with Crippen molar-refractivity contribution in [2.45, 2.75) is 12.2 Å². The minimum absolute atomic E-state index is 0.821.